The molecule has 0 radical (unpaired) electrons. The van der Waals surface area contributed by atoms with Crippen molar-refractivity contribution in [1.82, 2.24) is 0 Å². The Bertz CT molecular complexity index is 1080. The van der Waals surface area contributed by atoms with Crippen molar-refractivity contribution in [3.8, 4) is 28.6 Å². The molecule has 0 fully saturated rings. The van der Waals surface area contributed by atoms with Gasteiger partial charge in [0.2, 0.25) is 0 Å². The quantitative estimate of drug-likeness (QED) is 0.655. The van der Waals surface area contributed by atoms with E-state index in [2.05, 4.69) is 0 Å². The van der Waals surface area contributed by atoms with E-state index in [1.807, 2.05) is 19.9 Å². The Hall–Kier alpha value is -3.21. The number of benzene rings is 2. The molecule has 0 unspecified atom stereocenters. The summed E-state index contributed by atoms with van der Waals surface area (Å²) in [7, 11) is 1.58. The molecule has 3 rings (SSSR count). The minimum absolute atomic E-state index is 0.0831. The largest absolute Gasteiger partial charge is 0.507 e. The number of hydrogen-bond acceptors (Lipinski definition) is 5. The van der Waals surface area contributed by atoms with E-state index in [1.54, 1.807) is 38.3 Å². The molecule has 0 saturated heterocycles. The Balaban J connectivity index is 2.33. The zero-order valence-corrected chi connectivity index (χ0v) is 15.8. The van der Waals surface area contributed by atoms with Crippen molar-refractivity contribution < 1.29 is 19.4 Å². The normalized spacial score (nSPS) is 10.8. The Morgan fingerprint density at radius 3 is 2.41 bits per heavy atom. The summed E-state index contributed by atoms with van der Waals surface area (Å²) < 4.78 is 11.2. The van der Waals surface area contributed by atoms with Crippen molar-refractivity contribution in [2.24, 2.45) is 0 Å². The van der Waals surface area contributed by atoms with Gasteiger partial charge >= 0.3 is 0 Å². The van der Waals surface area contributed by atoms with Gasteiger partial charge in [-0.15, -0.1) is 0 Å². The van der Waals surface area contributed by atoms with Crippen LogP contribution in [-0.4, -0.2) is 17.3 Å². The van der Waals surface area contributed by atoms with Crippen LogP contribution in [-0.2, 0) is 6.42 Å². The van der Waals surface area contributed by atoms with Crippen LogP contribution in [0.5, 0.6) is 17.2 Å². The molecule has 2 N–H and O–H groups in total. The van der Waals surface area contributed by atoms with Crippen molar-refractivity contribution in [2.75, 3.05) is 7.11 Å². The van der Waals surface area contributed by atoms with Gasteiger partial charge in [0.05, 0.1) is 7.11 Å². The molecule has 0 aliphatic carbocycles. The number of phenols is 2. The van der Waals surface area contributed by atoms with E-state index in [1.165, 1.54) is 6.07 Å². The number of methoxy groups -OCH3 is 1. The second-order valence-corrected chi connectivity index (χ2v) is 6.70. The summed E-state index contributed by atoms with van der Waals surface area (Å²) in [5.41, 5.74) is 2.52. The van der Waals surface area contributed by atoms with E-state index in [0.29, 0.717) is 34.6 Å². The van der Waals surface area contributed by atoms with Gasteiger partial charge in [-0.05, 0) is 51.5 Å². The lowest BCUT2D eigenvalue weighted by molar-refractivity contribution is 0.415. The van der Waals surface area contributed by atoms with E-state index in [4.69, 9.17) is 9.15 Å². The van der Waals surface area contributed by atoms with Crippen LogP contribution in [0.15, 0.2) is 51.2 Å². The highest BCUT2D eigenvalue weighted by Crippen LogP contribution is 2.37. The predicted molar refractivity (Wildman–Crippen MR) is 106 cm³/mol. The third-order valence-electron chi connectivity index (χ3n) is 4.52. The lowest BCUT2D eigenvalue weighted by Gasteiger charge is -2.12. The molecule has 2 aromatic carbocycles. The fourth-order valence-electron chi connectivity index (χ4n) is 2.99. The third-order valence-corrected chi connectivity index (χ3v) is 4.52. The van der Waals surface area contributed by atoms with Crippen molar-refractivity contribution in [3.63, 3.8) is 0 Å². The van der Waals surface area contributed by atoms with Crippen molar-refractivity contribution >= 4 is 11.0 Å². The van der Waals surface area contributed by atoms with Crippen LogP contribution in [0, 0.1) is 6.92 Å². The number of phenolic OH excluding ortho intramolecular Hbond substituents is 2. The predicted octanol–water partition coefficient (Wildman–Crippen LogP) is 4.70. The summed E-state index contributed by atoms with van der Waals surface area (Å²) in [5, 5.41) is 20.6. The molecule has 0 aliphatic heterocycles. The van der Waals surface area contributed by atoms with Crippen LogP contribution >= 0.6 is 0 Å². The standard InChI is InChI=1S/C22H22O5/c1-12(2)5-10-16-17(23)11-18(24)19-20(25)13(3)21(27-22(16)19)14-6-8-15(26-4)9-7-14/h5-9,11,23-24H,10H2,1-4H3. The van der Waals surface area contributed by atoms with E-state index in [9.17, 15) is 15.0 Å². The molecule has 0 bridgehead atoms. The molecule has 27 heavy (non-hydrogen) atoms. The summed E-state index contributed by atoms with van der Waals surface area (Å²) in [6.07, 6.45) is 2.32. The second kappa shape index (κ2) is 7.19. The molecule has 0 aliphatic rings. The van der Waals surface area contributed by atoms with Crippen LogP contribution in [0.2, 0.25) is 0 Å². The van der Waals surface area contributed by atoms with Crippen LogP contribution in [0.4, 0.5) is 0 Å². The van der Waals surface area contributed by atoms with Gasteiger partial charge in [-0.1, -0.05) is 11.6 Å². The van der Waals surface area contributed by atoms with Gasteiger partial charge in [-0.3, -0.25) is 4.79 Å². The Morgan fingerprint density at radius 1 is 1.15 bits per heavy atom. The zero-order valence-electron chi connectivity index (χ0n) is 15.8. The average Bonchev–Trinajstić information content (AvgIpc) is 2.63. The van der Waals surface area contributed by atoms with Gasteiger partial charge in [0.25, 0.3) is 0 Å². The molecule has 0 amide bonds. The van der Waals surface area contributed by atoms with Crippen molar-refractivity contribution in [1.29, 1.82) is 0 Å². The summed E-state index contributed by atoms with van der Waals surface area (Å²) in [4.78, 5) is 12.9. The first kappa shape index (κ1) is 18.6. The first-order valence-corrected chi connectivity index (χ1v) is 8.62. The first-order chi connectivity index (χ1) is 12.8. The number of hydrogen-bond donors (Lipinski definition) is 2. The minimum atomic E-state index is -0.321. The van der Waals surface area contributed by atoms with Crippen molar-refractivity contribution in [2.45, 2.75) is 27.2 Å². The summed E-state index contributed by atoms with van der Waals surface area (Å²) in [6, 6.07) is 8.36. The monoisotopic (exact) mass is 366 g/mol. The van der Waals surface area contributed by atoms with Gasteiger partial charge < -0.3 is 19.4 Å². The molecular formula is C22H22O5. The molecule has 5 heteroatoms. The van der Waals surface area contributed by atoms with E-state index in [-0.39, 0.29) is 27.9 Å². The van der Waals surface area contributed by atoms with E-state index in [0.717, 1.165) is 5.57 Å². The fraction of sp³-hybridized carbons (Fsp3) is 0.227. The molecular weight excluding hydrogens is 344 g/mol. The fourth-order valence-corrected chi connectivity index (χ4v) is 2.99. The number of fused-ring (bicyclic) bond motifs is 1. The molecule has 140 valence electrons. The van der Waals surface area contributed by atoms with Gasteiger partial charge in [-0.2, -0.15) is 0 Å². The topological polar surface area (TPSA) is 79.9 Å². The van der Waals surface area contributed by atoms with Gasteiger partial charge in [0, 0.05) is 22.8 Å². The highest BCUT2D eigenvalue weighted by molar-refractivity contribution is 5.90. The zero-order chi connectivity index (χ0) is 19.7. The average molecular weight is 366 g/mol. The Kier molecular flexibility index (Phi) is 4.95. The van der Waals surface area contributed by atoms with Crippen molar-refractivity contribution in [3.05, 3.63) is 63.3 Å². The summed E-state index contributed by atoms with van der Waals surface area (Å²) in [5.74, 6) is 0.699. The Labute approximate surface area is 157 Å². The number of aromatic hydroxyl groups is 2. The SMILES string of the molecule is COc1ccc(-c2oc3c(CC=C(C)C)c(O)cc(O)c3c(=O)c2C)cc1. The lowest BCUT2D eigenvalue weighted by Crippen LogP contribution is -2.08. The number of rotatable bonds is 4. The Morgan fingerprint density at radius 2 is 1.81 bits per heavy atom. The minimum Gasteiger partial charge on any atom is -0.507 e. The van der Waals surface area contributed by atoms with E-state index >= 15 is 0 Å². The maximum atomic E-state index is 12.9. The van der Waals surface area contributed by atoms with Crippen LogP contribution in [0.3, 0.4) is 0 Å². The van der Waals surface area contributed by atoms with Gasteiger partial charge in [0.1, 0.15) is 34.0 Å². The summed E-state index contributed by atoms with van der Waals surface area (Å²) in [6.45, 7) is 5.55. The molecule has 5 nitrogen and oxygen atoms in total. The highest BCUT2D eigenvalue weighted by Gasteiger charge is 2.20. The first-order valence-electron chi connectivity index (χ1n) is 8.62. The molecule has 0 saturated carbocycles. The number of ether oxygens (including phenoxy) is 1. The maximum Gasteiger partial charge on any atom is 0.199 e. The molecule has 1 heterocycles. The molecule has 3 aromatic rings. The van der Waals surface area contributed by atoms with Crippen LogP contribution in [0.25, 0.3) is 22.3 Å². The molecule has 0 atom stereocenters. The van der Waals surface area contributed by atoms with Gasteiger partial charge in [-0.25, -0.2) is 0 Å². The molecule has 1 aromatic heterocycles. The smallest absolute Gasteiger partial charge is 0.199 e. The highest BCUT2D eigenvalue weighted by atomic mass is 16.5. The van der Waals surface area contributed by atoms with Gasteiger partial charge in [0.15, 0.2) is 5.43 Å². The number of allylic oxidation sites excluding steroid dienone is 2. The third kappa shape index (κ3) is 3.40. The van der Waals surface area contributed by atoms with E-state index < -0.39 is 0 Å². The molecule has 0 spiro atoms. The summed E-state index contributed by atoms with van der Waals surface area (Å²) >= 11 is 0. The van der Waals surface area contributed by atoms with Crippen LogP contribution in [0.1, 0.15) is 25.0 Å². The second-order valence-electron chi connectivity index (χ2n) is 6.70. The maximum absolute atomic E-state index is 12.9. The van der Waals surface area contributed by atoms with Crippen LogP contribution < -0.4 is 10.2 Å². The lowest BCUT2D eigenvalue weighted by atomic mass is 10.0.